The van der Waals surface area contributed by atoms with Crippen LogP contribution in [0.3, 0.4) is 0 Å². The first-order chi connectivity index (χ1) is 7.65. The van der Waals surface area contributed by atoms with Gasteiger partial charge in [0.2, 0.25) is 0 Å². The van der Waals surface area contributed by atoms with Gasteiger partial charge in [-0.25, -0.2) is 9.78 Å². The largest absolute Gasteiger partial charge is 0.477 e. The Morgan fingerprint density at radius 3 is 2.94 bits per heavy atom. The van der Waals surface area contributed by atoms with Crippen molar-refractivity contribution in [3.8, 4) is 0 Å². The molecule has 82 valence electrons. The van der Waals surface area contributed by atoms with E-state index in [2.05, 4.69) is 26.0 Å². The Balaban J connectivity index is 2.21. The minimum Gasteiger partial charge on any atom is -0.477 e. The highest BCUT2D eigenvalue weighted by atomic mass is 79.9. The average molecular weight is 282 g/mol. The van der Waals surface area contributed by atoms with Crippen LogP contribution in [0.1, 0.15) is 16.2 Å². The van der Waals surface area contributed by atoms with Crippen LogP contribution >= 0.6 is 15.9 Å². The topological polar surface area (TPSA) is 68.0 Å². The lowest BCUT2D eigenvalue weighted by molar-refractivity contribution is 0.0690. The second-order valence-corrected chi connectivity index (χ2v) is 4.09. The Morgan fingerprint density at radius 1 is 1.50 bits per heavy atom. The summed E-state index contributed by atoms with van der Waals surface area (Å²) in [5.41, 5.74) is 0.708. The molecular weight excluding hydrogens is 274 g/mol. The highest BCUT2D eigenvalue weighted by Gasteiger charge is 2.05. The summed E-state index contributed by atoms with van der Waals surface area (Å²) in [6.07, 6.45) is 3.47. The molecule has 0 aliphatic carbocycles. The van der Waals surface area contributed by atoms with E-state index in [1.54, 1.807) is 29.2 Å². The first-order valence-corrected chi connectivity index (χ1v) is 5.31. The third-order valence-electron chi connectivity index (χ3n) is 1.95. The molecule has 0 aliphatic rings. The number of carboxylic acid groups (broad SMARTS) is 1. The van der Waals surface area contributed by atoms with Crippen molar-refractivity contribution in [2.24, 2.45) is 0 Å². The number of hydrogen-bond donors (Lipinski definition) is 1. The van der Waals surface area contributed by atoms with E-state index in [9.17, 15) is 4.79 Å². The number of carbonyl (C=O) groups is 1. The lowest BCUT2D eigenvalue weighted by Crippen LogP contribution is -2.06. The van der Waals surface area contributed by atoms with Crippen LogP contribution in [-0.4, -0.2) is 25.8 Å². The van der Waals surface area contributed by atoms with Crippen molar-refractivity contribution >= 4 is 21.9 Å². The second kappa shape index (κ2) is 4.44. The van der Waals surface area contributed by atoms with Gasteiger partial charge in [-0.2, -0.15) is 5.10 Å². The summed E-state index contributed by atoms with van der Waals surface area (Å²) in [5.74, 6) is -1.02. The quantitative estimate of drug-likeness (QED) is 0.931. The van der Waals surface area contributed by atoms with Crippen LogP contribution in [0.5, 0.6) is 0 Å². The van der Waals surface area contributed by atoms with Gasteiger partial charge in [0.25, 0.3) is 0 Å². The predicted octanol–water partition coefficient (Wildman–Crippen LogP) is 1.79. The molecule has 0 saturated heterocycles. The van der Waals surface area contributed by atoms with Gasteiger partial charge in [0.1, 0.15) is 5.69 Å². The molecule has 0 aromatic carbocycles. The highest BCUT2D eigenvalue weighted by Crippen LogP contribution is 2.08. The molecule has 0 saturated carbocycles. The van der Waals surface area contributed by atoms with Crippen molar-refractivity contribution in [2.75, 3.05) is 0 Å². The van der Waals surface area contributed by atoms with E-state index in [1.807, 2.05) is 0 Å². The Morgan fingerprint density at radius 2 is 2.31 bits per heavy atom. The van der Waals surface area contributed by atoms with Crippen LogP contribution in [0.4, 0.5) is 0 Å². The van der Waals surface area contributed by atoms with Gasteiger partial charge < -0.3 is 5.11 Å². The third-order valence-corrected chi connectivity index (χ3v) is 2.36. The Labute approximate surface area is 99.9 Å². The number of halogens is 1. The molecule has 6 heteroatoms. The third kappa shape index (κ3) is 2.46. The van der Waals surface area contributed by atoms with Crippen LogP contribution in [0.15, 0.2) is 35.1 Å². The minimum absolute atomic E-state index is 0.0451. The predicted molar refractivity (Wildman–Crippen MR) is 60.2 cm³/mol. The van der Waals surface area contributed by atoms with E-state index in [4.69, 9.17) is 5.11 Å². The molecule has 16 heavy (non-hydrogen) atoms. The van der Waals surface area contributed by atoms with Crippen LogP contribution in [0, 0.1) is 0 Å². The van der Waals surface area contributed by atoms with Crippen LogP contribution < -0.4 is 0 Å². The summed E-state index contributed by atoms with van der Waals surface area (Å²) in [6, 6.07) is 4.90. The van der Waals surface area contributed by atoms with Crippen molar-refractivity contribution in [2.45, 2.75) is 6.54 Å². The molecule has 2 rings (SSSR count). The molecule has 2 aromatic heterocycles. The van der Waals surface area contributed by atoms with E-state index >= 15 is 0 Å². The maximum absolute atomic E-state index is 10.7. The highest BCUT2D eigenvalue weighted by molar-refractivity contribution is 9.10. The zero-order valence-electron chi connectivity index (χ0n) is 8.17. The number of aromatic carboxylic acids is 1. The Kier molecular flexibility index (Phi) is 3.00. The van der Waals surface area contributed by atoms with Gasteiger partial charge >= 0.3 is 5.97 Å². The standard InChI is InChI=1S/C10H8BrN3O2/c11-7-4-12-14(5-7)6-8-2-1-3-9(13-8)10(15)16/h1-5H,6H2,(H,15,16). The first-order valence-electron chi connectivity index (χ1n) is 4.52. The van der Waals surface area contributed by atoms with Gasteiger partial charge in [0.05, 0.1) is 22.9 Å². The normalized spacial score (nSPS) is 10.3. The fourth-order valence-corrected chi connectivity index (χ4v) is 1.61. The van der Waals surface area contributed by atoms with Crippen LogP contribution in [0.25, 0.3) is 0 Å². The van der Waals surface area contributed by atoms with Crippen molar-refractivity contribution in [3.05, 3.63) is 46.5 Å². The molecule has 0 unspecified atom stereocenters. The maximum Gasteiger partial charge on any atom is 0.354 e. The molecule has 0 fully saturated rings. The number of pyridine rings is 1. The molecule has 5 nitrogen and oxygen atoms in total. The summed E-state index contributed by atoms with van der Waals surface area (Å²) in [5, 5.41) is 12.9. The van der Waals surface area contributed by atoms with E-state index in [1.165, 1.54) is 6.07 Å². The smallest absolute Gasteiger partial charge is 0.354 e. The molecule has 0 amide bonds. The summed E-state index contributed by atoms with van der Waals surface area (Å²) in [7, 11) is 0. The number of rotatable bonds is 3. The number of nitrogens with zero attached hydrogens (tertiary/aromatic N) is 3. The van der Waals surface area contributed by atoms with Gasteiger partial charge in [0, 0.05) is 6.20 Å². The average Bonchev–Trinajstić information content (AvgIpc) is 2.64. The zero-order valence-corrected chi connectivity index (χ0v) is 9.75. The molecular formula is C10H8BrN3O2. The van der Waals surface area contributed by atoms with Gasteiger partial charge in [-0.3, -0.25) is 4.68 Å². The summed E-state index contributed by atoms with van der Waals surface area (Å²) in [4.78, 5) is 14.7. The van der Waals surface area contributed by atoms with E-state index in [-0.39, 0.29) is 5.69 Å². The Bertz CT molecular complexity index is 524. The van der Waals surface area contributed by atoms with Crippen LogP contribution in [-0.2, 0) is 6.54 Å². The van der Waals surface area contributed by atoms with Crippen LogP contribution in [0.2, 0.25) is 0 Å². The van der Waals surface area contributed by atoms with Gasteiger partial charge in [-0.15, -0.1) is 0 Å². The Hall–Kier alpha value is -1.69. The number of hydrogen-bond acceptors (Lipinski definition) is 3. The number of carboxylic acids is 1. The molecule has 2 heterocycles. The lowest BCUT2D eigenvalue weighted by Gasteiger charge is -2.01. The van der Waals surface area contributed by atoms with Crippen molar-refractivity contribution in [3.63, 3.8) is 0 Å². The monoisotopic (exact) mass is 281 g/mol. The maximum atomic E-state index is 10.7. The molecule has 0 aliphatic heterocycles. The fraction of sp³-hybridized carbons (Fsp3) is 0.100. The van der Waals surface area contributed by atoms with E-state index in [0.717, 1.165) is 4.47 Å². The molecule has 0 spiro atoms. The molecule has 0 atom stereocenters. The minimum atomic E-state index is -1.02. The summed E-state index contributed by atoms with van der Waals surface area (Å²) in [6.45, 7) is 0.451. The fourth-order valence-electron chi connectivity index (χ4n) is 1.28. The second-order valence-electron chi connectivity index (χ2n) is 3.18. The molecule has 2 aromatic rings. The molecule has 0 radical (unpaired) electrons. The van der Waals surface area contributed by atoms with E-state index < -0.39 is 5.97 Å². The molecule has 0 bridgehead atoms. The summed E-state index contributed by atoms with van der Waals surface area (Å²) < 4.78 is 2.56. The SMILES string of the molecule is O=C(O)c1cccc(Cn2cc(Br)cn2)n1. The van der Waals surface area contributed by atoms with Gasteiger partial charge in [0.15, 0.2) is 0 Å². The zero-order chi connectivity index (χ0) is 11.5. The van der Waals surface area contributed by atoms with Crippen molar-refractivity contribution < 1.29 is 9.90 Å². The molecule has 1 N–H and O–H groups in total. The van der Waals surface area contributed by atoms with Gasteiger partial charge in [-0.05, 0) is 28.1 Å². The lowest BCUT2D eigenvalue weighted by atomic mass is 10.3. The van der Waals surface area contributed by atoms with Gasteiger partial charge in [-0.1, -0.05) is 6.07 Å². The van der Waals surface area contributed by atoms with Crippen molar-refractivity contribution in [1.29, 1.82) is 0 Å². The summed E-state index contributed by atoms with van der Waals surface area (Å²) >= 11 is 3.29. The van der Waals surface area contributed by atoms with Crippen molar-refractivity contribution in [1.82, 2.24) is 14.8 Å². The number of aromatic nitrogens is 3. The first kappa shape index (κ1) is 10.8. The van der Waals surface area contributed by atoms with E-state index in [0.29, 0.717) is 12.2 Å².